The highest BCUT2D eigenvalue weighted by atomic mass is 35.5. The number of anilines is 1. The highest BCUT2D eigenvalue weighted by molar-refractivity contribution is 6.39. The van der Waals surface area contributed by atoms with E-state index in [-0.39, 0.29) is 21.5 Å². The average Bonchev–Trinajstić information content (AvgIpc) is 2.75. The smallest absolute Gasteiger partial charge is 0.214 e. The highest BCUT2D eigenvalue weighted by Crippen LogP contribution is 2.30. The maximum Gasteiger partial charge on any atom is 0.214 e. The molecule has 2 N–H and O–H groups in total. The number of halogens is 2. The van der Waals surface area contributed by atoms with Crippen LogP contribution in [0.2, 0.25) is 10.0 Å². The van der Waals surface area contributed by atoms with Gasteiger partial charge in [-0.3, -0.25) is 9.48 Å². The van der Waals surface area contributed by atoms with Gasteiger partial charge in [-0.1, -0.05) is 23.2 Å². The molecule has 0 spiro atoms. The summed E-state index contributed by atoms with van der Waals surface area (Å²) >= 11 is 11.8. The van der Waals surface area contributed by atoms with Gasteiger partial charge in [0, 0.05) is 12.6 Å². The summed E-state index contributed by atoms with van der Waals surface area (Å²) in [7, 11) is 3.12. The molecule has 0 saturated carbocycles. The van der Waals surface area contributed by atoms with Crippen molar-refractivity contribution in [2.75, 3.05) is 12.8 Å². The number of aryl methyl sites for hydroxylation is 1. The van der Waals surface area contributed by atoms with Crippen LogP contribution in [0.4, 0.5) is 5.69 Å². The summed E-state index contributed by atoms with van der Waals surface area (Å²) in [5, 5.41) is 4.44. The Balaban J connectivity index is 2.53. The molecule has 0 fully saturated rings. The molecule has 1 heterocycles. The molecule has 19 heavy (non-hydrogen) atoms. The summed E-state index contributed by atoms with van der Waals surface area (Å²) < 4.78 is 6.53. The zero-order valence-corrected chi connectivity index (χ0v) is 11.8. The summed E-state index contributed by atoms with van der Waals surface area (Å²) in [6, 6.07) is 2.94. The molecule has 0 amide bonds. The van der Waals surface area contributed by atoms with Gasteiger partial charge in [-0.15, -0.1) is 0 Å². The van der Waals surface area contributed by atoms with Crippen LogP contribution in [0.25, 0.3) is 0 Å². The van der Waals surface area contributed by atoms with Gasteiger partial charge in [0.25, 0.3) is 0 Å². The Morgan fingerprint density at radius 3 is 2.47 bits per heavy atom. The van der Waals surface area contributed by atoms with Crippen LogP contribution in [0.5, 0.6) is 5.75 Å². The number of carbonyl (C=O) groups is 1. The third-order valence-corrected chi connectivity index (χ3v) is 3.31. The largest absolute Gasteiger partial charge is 0.493 e. The number of ether oxygens (including phenoxy) is 1. The van der Waals surface area contributed by atoms with Crippen molar-refractivity contribution in [2.24, 2.45) is 7.05 Å². The molecule has 5 nitrogen and oxygen atoms in total. The second-order valence-electron chi connectivity index (χ2n) is 3.87. The third-order valence-electron chi connectivity index (χ3n) is 2.68. The normalized spacial score (nSPS) is 10.5. The second kappa shape index (κ2) is 5.11. The lowest BCUT2D eigenvalue weighted by Gasteiger charge is -2.07. The minimum absolute atomic E-state index is 0.233. The van der Waals surface area contributed by atoms with Crippen molar-refractivity contribution in [1.29, 1.82) is 0 Å². The fraction of sp³-hybridized carbons (Fsp3) is 0.167. The van der Waals surface area contributed by atoms with Crippen LogP contribution in [0, 0.1) is 0 Å². The zero-order chi connectivity index (χ0) is 14.2. The molecule has 2 aromatic rings. The minimum Gasteiger partial charge on any atom is -0.493 e. The van der Waals surface area contributed by atoms with E-state index in [1.807, 2.05) is 0 Å². The van der Waals surface area contributed by atoms with Crippen LogP contribution >= 0.6 is 23.2 Å². The van der Waals surface area contributed by atoms with E-state index in [0.717, 1.165) is 0 Å². The Kier molecular flexibility index (Phi) is 3.68. The number of nitrogens with two attached hydrogens (primary N) is 1. The molecule has 7 heteroatoms. The van der Waals surface area contributed by atoms with E-state index < -0.39 is 0 Å². The van der Waals surface area contributed by atoms with E-state index in [4.69, 9.17) is 33.7 Å². The van der Waals surface area contributed by atoms with Crippen LogP contribution in [0.3, 0.4) is 0 Å². The number of benzene rings is 1. The number of rotatable bonds is 3. The van der Waals surface area contributed by atoms with Crippen LogP contribution < -0.4 is 10.5 Å². The Bertz CT molecular complexity index is 629. The maximum atomic E-state index is 12.4. The topological polar surface area (TPSA) is 70.1 Å². The van der Waals surface area contributed by atoms with Crippen molar-refractivity contribution in [2.45, 2.75) is 0 Å². The molecule has 0 atom stereocenters. The van der Waals surface area contributed by atoms with Gasteiger partial charge >= 0.3 is 0 Å². The molecule has 0 saturated heterocycles. The zero-order valence-electron chi connectivity index (χ0n) is 10.3. The molecule has 0 radical (unpaired) electrons. The lowest BCUT2D eigenvalue weighted by Crippen LogP contribution is -2.10. The van der Waals surface area contributed by atoms with Crippen LogP contribution in [-0.2, 0) is 7.05 Å². The van der Waals surface area contributed by atoms with Crippen molar-refractivity contribution < 1.29 is 9.53 Å². The lowest BCUT2D eigenvalue weighted by atomic mass is 10.1. The molecule has 0 bridgehead atoms. The minimum atomic E-state index is -0.291. The lowest BCUT2D eigenvalue weighted by molar-refractivity contribution is 0.102. The van der Waals surface area contributed by atoms with Gasteiger partial charge in [-0.05, 0) is 12.1 Å². The van der Waals surface area contributed by atoms with E-state index in [2.05, 4.69) is 5.10 Å². The molecule has 0 aliphatic rings. The molecule has 0 unspecified atom stereocenters. The van der Waals surface area contributed by atoms with Crippen molar-refractivity contribution in [1.82, 2.24) is 9.78 Å². The standard InChI is InChI=1S/C12H11Cl2N3O2/c1-17-11(9(19-2)5-16-17)12(18)6-3-7(13)10(15)8(14)4-6/h3-5H,15H2,1-2H3. The number of carbonyl (C=O) groups excluding carboxylic acids is 1. The van der Waals surface area contributed by atoms with Gasteiger partial charge in [-0.2, -0.15) is 5.10 Å². The summed E-state index contributed by atoms with van der Waals surface area (Å²) in [6.45, 7) is 0. The SMILES string of the molecule is COc1cnn(C)c1C(=O)c1cc(Cl)c(N)c(Cl)c1. The molecule has 1 aromatic heterocycles. The summed E-state index contributed by atoms with van der Waals surface area (Å²) in [5.74, 6) is 0.0946. The van der Waals surface area contributed by atoms with Gasteiger partial charge in [0.2, 0.25) is 5.78 Å². The highest BCUT2D eigenvalue weighted by Gasteiger charge is 2.21. The van der Waals surface area contributed by atoms with Crippen molar-refractivity contribution in [3.05, 3.63) is 39.6 Å². The second-order valence-corrected chi connectivity index (χ2v) is 4.68. The predicted octanol–water partition coefficient (Wildman–Crippen LogP) is 2.55. The average molecular weight is 300 g/mol. The fourth-order valence-electron chi connectivity index (χ4n) is 1.68. The van der Waals surface area contributed by atoms with E-state index in [9.17, 15) is 4.79 Å². The Hall–Kier alpha value is -1.72. The Morgan fingerprint density at radius 1 is 1.37 bits per heavy atom. The predicted molar refractivity (Wildman–Crippen MR) is 74.1 cm³/mol. The fourth-order valence-corrected chi connectivity index (χ4v) is 2.16. The molecular formula is C12H11Cl2N3O2. The Labute approximate surface area is 119 Å². The summed E-state index contributed by atoms with van der Waals surface area (Å²) in [4.78, 5) is 12.4. The maximum absolute atomic E-state index is 12.4. The Morgan fingerprint density at radius 2 is 1.95 bits per heavy atom. The van der Waals surface area contributed by atoms with Crippen molar-refractivity contribution in [3.63, 3.8) is 0 Å². The van der Waals surface area contributed by atoms with Crippen molar-refractivity contribution in [3.8, 4) is 5.75 Å². The number of ketones is 1. The molecule has 1 aromatic carbocycles. The molecule has 0 aliphatic carbocycles. The number of nitrogens with zero attached hydrogens (tertiary/aromatic N) is 2. The number of hydrogen-bond donors (Lipinski definition) is 1. The van der Waals surface area contributed by atoms with Crippen LogP contribution in [-0.4, -0.2) is 22.7 Å². The monoisotopic (exact) mass is 299 g/mol. The van der Waals surface area contributed by atoms with Gasteiger partial charge < -0.3 is 10.5 Å². The summed E-state index contributed by atoms with van der Waals surface area (Å²) in [5.41, 5.74) is 6.53. The first-order valence-corrected chi connectivity index (χ1v) is 6.06. The molecule has 0 aliphatic heterocycles. The number of methoxy groups -OCH3 is 1. The van der Waals surface area contributed by atoms with Gasteiger partial charge in [0.1, 0.15) is 0 Å². The van der Waals surface area contributed by atoms with Crippen LogP contribution in [0.15, 0.2) is 18.3 Å². The van der Waals surface area contributed by atoms with E-state index >= 15 is 0 Å². The van der Waals surface area contributed by atoms with Gasteiger partial charge in [-0.25, -0.2) is 0 Å². The third kappa shape index (κ3) is 2.39. The quantitative estimate of drug-likeness (QED) is 0.698. The molecular weight excluding hydrogens is 289 g/mol. The van der Waals surface area contributed by atoms with E-state index in [1.165, 1.54) is 30.1 Å². The molecule has 2 rings (SSSR count). The van der Waals surface area contributed by atoms with Crippen LogP contribution in [0.1, 0.15) is 16.1 Å². The summed E-state index contributed by atoms with van der Waals surface area (Å²) in [6.07, 6.45) is 1.47. The number of nitrogen functional groups attached to an aromatic ring is 1. The van der Waals surface area contributed by atoms with E-state index in [1.54, 1.807) is 7.05 Å². The first-order chi connectivity index (χ1) is 8.95. The van der Waals surface area contributed by atoms with E-state index in [0.29, 0.717) is 17.0 Å². The first-order valence-electron chi connectivity index (χ1n) is 5.31. The van der Waals surface area contributed by atoms with Crippen molar-refractivity contribution >= 4 is 34.7 Å². The van der Waals surface area contributed by atoms with Gasteiger partial charge in [0.15, 0.2) is 11.4 Å². The molecule has 100 valence electrons. The number of hydrogen-bond acceptors (Lipinski definition) is 4. The first kappa shape index (κ1) is 13.7. The number of aromatic nitrogens is 2. The van der Waals surface area contributed by atoms with Gasteiger partial charge in [0.05, 0.1) is 29.0 Å².